The van der Waals surface area contributed by atoms with E-state index in [0.29, 0.717) is 0 Å². The predicted octanol–water partition coefficient (Wildman–Crippen LogP) is 1.84. The van der Waals surface area contributed by atoms with E-state index in [1.165, 1.54) is 17.0 Å². The molecule has 2 N–H and O–H groups in total. The van der Waals surface area contributed by atoms with E-state index in [-0.39, 0.29) is 59.6 Å². The molecule has 0 aliphatic rings. The van der Waals surface area contributed by atoms with Crippen LogP contribution in [0.2, 0.25) is 15.1 Å². The summed E-state index contributed by atoms with van der Waals surface area (Å²) in [5.74, 6) is -0.141. The molecule has 0 fully saturated rings. The maximum Gasteiger partial charge on any atom is 0.260 e. The van der Waals surface area contributed by atoms with E-state index >= 15 is 0 Å². The second-order valence-corrected chi connectivity index (χ2v) is 5.04. The molecule has 0 saturated heterocycles. The molecule has 0 spiro atoms. The molecule has 0 bridgehead atoms. The summed E-state index contributed by atoms with van der Waals surface area (Å²) in [5.41, 5.74) is 0. The van der Waals surface area contributed by atoms with Crippen LogP contribution < -0.4 is 4.74 Å². The molecular formula is C12H14Cl3NO4. The van der Waals surface area contributed by atoms with Gasteiger partial charge in [-0.05, 0) is 6.07 Å². The fourth-order valence-corrected chi connectivity index (χ4v) is 2.04. The van der Waals surface area contributed by atoms with Crippen LogP contribution in [-0.4, -0.2) is 53.9 Å². The van der Waals surface area contributed by atoms with Crippen molar-refractivity contribution in [2.75, 3.05) is 32.9 Å². The van der Waals surface area contributed by atoms with Crippen molar-refractivity contribution in [2.24, 2.45) is 0 Å². The average Bonchev–Trinajstić information content (AvgIpc) is 2.41. The summed E-state index contributed by atoms with van der Waals surface area (Å²) in [6.45, 7) is -0.425. The monoisotopic (exact) mass is 341 g/mol. The number of benzene rings is 1. The van der Waals surface area contributed by atoms with Crippen LogP contribution in [0.25, 0.3) is 0 Å². The fourth-order valence-electron chi connectivity index (χ4n) is 1.45. The van der Waals surface area contributed by atoms with Gasteiger partial charge in [0.2, 0.25) is 0 Å². The molecule has 20 heavy (non-hydrogen) atoms. The van der Waals surface area contributed by atoms with Gasteiger partial charge in [-0.25, -0.2) is 0 Å². The summed E-state index contributed by atoms with van der Waals surface area (Å²) < 4.78 is 5.28. The highest BCUT2D eigenvalue weighted by Crippen LogP contribution is 2.33. The van der Waals surface area contributed by atoms with E-state index in [1.54, 1.807) is 0 Å². The maximum atomic E-state index is 11.8. The molecule has 0 unspecified atom stereocenters. The highest BCUT2D eigenvalue weighted by molar-refractivity contribution is 6.43. The van der Waals surface area contributed by atoms with Crippen molar-refractivity contribution in [1.82, 2.24) is 4.90 Å². The third kappa shape index (κ3) is 5.00. The van der Waals surface area contributed by atoms with Crippen LogP contribution in [0.4, 0.5) is 0 Å². The zero-order chi connectivity index (χ0) is 15.1. The van der Waals surface area contributed by atoms with Gasteiger partial charge >= 0.3 is 0 Å². The SMILES string of the molecule is O=C(COc1cc(Cl)c(Cl)cc1Cl)N(CCO)CCO. The molecule has 0 aliphatic heterocycles. The van der Waals surface area contributed by atoms with Crippen molar-refractivity contribution in [3.05, 3.63) is 27.2 Å². The van der Waals surface area contributed by atoms with Crippen LogP contribution in [0.15, 0.2) is 12.1 Å². The number of hydrogen-bond acceptors (Lipinski definition) is 4. The molecule has 0 heterocycles. The first-order chi connectivity index (χ1) is 9.49. The van der Waals surface area contributed by atoms with E-state index in [9.17, 15) is 4.79 Å². The average molecular weight is 343 g/mol. The number of carbonyl (C=O) groups is 1. The fraction of sp³-hybridized carbons (Fsp3) is 0.417. The molecule has 0 saturated carbocycles. The Balaban J connectivity index is 2.66. The molecule has 0 atom stereocenters. The van der Waals surface area contributed by atoms with Crippen LogP contribution in [0.5, 0.6) is 5.75 Å². The number of hydrogen-bond donors (Lipinski definition) is 2. The van der Waals surface area contributed by atoms with Gasteiger partial charge in [-0.1, -0.05) is 34.8 Å². The number of ether oxygens (including phenoxy) is 1. The molecule has 0 radical (unpaired) electrons. The molecule has 5 nitrogen and oxygen atoms in total. The van der Waals surface area contributed by atoms with Crippen molar-refractivity contribution >= 4 is 40.7 Å². The molecule has 112 valence electrons. The Labute approximate surface area is 131 Å². The number of aliphatic hydroxyl groups is 2. The maximum absolute atomic E-state index is 11.8. The van der Waals surface area contributed by atoms with E-state index in [4.69, 9.17) is 49.8 Å². The van der Waals surface area contributed by atoms with Gasteiger partial charge in [0.15, 0.2) is 6.61 Å². The van der Waals surface area contributed by atoms with Crippen molar-refractivity contribution in [3.8, 4) is 5.75 Å². The quantitative estimate of drug-likeness (QED) is 0.742. The highest BCUT2D eigenvalue weighted by Gasteiger charge is 2.14. The molecule has 1 amide bonds. The number of amides is 1. The van der Waals surface area contributed by atoms with Gasteiger partial charge in [0.1, 0.15) is 5.75 Å². The van der Waals surface area contributed by atoms with Gasteiger partial charge in [-0.3, -0.25) is 4.79 Å². The van der Waals surface area contributed by atoms with Gasteiger partial charge in [0.05, 0.1) is 28.3 Å². The number of aliphatic hydroxyl groups excluding tert-OH is 2. The van der Waals surface area contributed by atoms with Gasteiger partial charge < -0.3 is 19.8 Å². The first-order valence-electron chi connectivity index (χ1n) is 5.76. The van der Waals surface area contributed by atoms with Crippen LogP contribution in [-0.2, 0) is 4.79 Å². The van der Waals surface area contributed by atoms with E-state index in [2.05, 4.69) is 0 Å². The summed E-state index contributed by atoms with van der Waals surface area (Å²) in [6, 6.07) is 2.84. The highest BCUT2D eigenvalue weighted by atomic mass is 35.5. The summed E-state index contributed by atoms with van der Waals surface area (Å²) in [6.07, 6.45) is 0. The van der Waals surface area contributed by atoms with Crippen LogP contribution in [0, 0.1) is 0 Å². The molecule has 1 rings (SSSR count). The number of halogens is 3. The van der Waals surface area contributed by atoms with Gasteiger partial charge in [0, 0.05) is 19.2 Å². The molecular weight excluding hydrogens is 328 g/mol. The standard InChI is InChI=1S/C12H14Cl3NO4/c13-8-5-10(15)11(6-9(8)14)20-7-12(19)16(1-3-17)2-4-18/h5-6,17-18H,1-4,7H2. The minimum atomic E-state index is -0.379. The van der Waals surface area contributed by atoms with Crippen LogP contribution >= 0.6 is 34.8 Å². The lowest BCUT2D eigenvalue weighted by Gasteiger charge is -2.20. The lowest BCUT2D eigenvalue weighted by molar-refractivity contribution is -0.134. The summed E-state index contributed by atoms with van der Waals surface area (Å²) in [5, 5.41) is 18.5. The van der Waals surface area contributed by atoms with Crippen molar-refractivity contribution in [1.29, 1.82) is 0 Å². The Bertz CT molecular complexity index is 464. The Hall–Kier alpha value is -0.720. The minimum absolute atomic E-state index is 0.123. The van der Waals surface area contributed by atoms with Crippen molar-refractivity contribution in [2.45, 2.75) is 0 Å². The molecule has 0 aliphatic carbocycles. The molecule has 8 heteroatoms. The lowest BCUT2D eigenvalue weighted by Crippen LogP contribution is -2.38. The Morgan fingerprint density at radius 1 is 1.05 bits per heavy atom. The largest absolute Gasteiger partial charge is 0.482 e. The summed E-state index contributed by atoms with van der Waals surface area (Å²) in [4.78, 5) is 13.1. The Morgan fingerprint density at radius 3 is 2.15 bits per heavy atom. The molecule has 1 aromatic carbocycles. The Kier molecular flexibility index (Phi) is 7.40. The summed E-state index contributed by atoms with van der Waals surface area (Å²) in [7, 11) is 0. The first kappa shape index (κ1) is 17.3. The topological polar surface area (TPSA) is 70.0 Å². The third-order valence-electron chi connectivity index (χ3n) is 2.42. The lowest BCUT2D eigenvalue weighted by atomic mass is 10.3. The predicted molar refractivity (Wildman–Crippen MR) is 77.7 cm³/mol. The third-order valence-corrected chi connectivity index (χ3v) is 3.44. The van der Waals surface area contributed by atoms with Gasteiger partial charge in [0.25, 0.3) is 5.91 Å². The van der Waals surface area contributed by atoms with Gasteiger partial charge in [-0.2, -0.15) is 0 Å². The van der Waals surface area contributed by atoms with Crippen LogP contribution in [0.3, 0.4) is 0 Å². The number of carbonyl (C=O) groups excluding carboxylic acids is 1. The number of rotatable bonds is 7. The molecule has 0 aromatic heterocycles. The Morgan fingerprint density at radius 2 is 1.60 bits per heavy atom. The van der Waals surface area contributed by atoms with E-state index in [1.807, 2.05) is 0 Å². The van der Waals surface area contributed by atoms with Crippen molar-refractivity contribution in [3.63, 3.8) is 0 Å². The minimum Gasteiger partial charge on any atom is -0.482 e. The summed E-state index contributed by atoms with van der Waals surface area (Å²) >= 11 is 17.5. The normalized spacial score (nSPS) is 10.4. The zero-order valence-corrected chi connectivity index (χ0v) is 12.8. The second-order valence-electron chi connectivity index (χ2n) is 3.81. The van der Waals surface area contributed by atoms with Gasteiger partial charge in [-0.15, -0.1) is 0 Å². The van der Waals surface area contributed by atoms with E-state index < -0.39 is 0 Å². The number of nitrogens with zero attached hydrogens (tertiary/aromatic N) is 1. The zero-order valence-electron chi connectivity index (χ0n) is 10.5. The smallest absolute Gasteiger partial charge is 0.260 e. The molecule has 1 aromatic rings. The second kappa shape index (κ2) is 8.54. The van der Waals surface area contributed by atoms with Crippen molar-refractivity contribution < 1.29 is 19.7 Å². The van der Waals surface area contributed by atoms with Crippen LogP contribution in [0.1, 0.15) is 0 Å². The first-order valence-corrected chi connectivity index (χ1v) is 6.89. The van der Waals surface area contributed by atoms with E-state index in [0.717, 1.165) is 0 Å².